The van der Waals surface area contributed by atoms with E-state index in [0.717, 1.165) is 56.9 Å². The molecule has 0 atom stereocenters. The quantitative estimate of drug-likeness (QED) is 0.510. The number of unbranched alkanes of at least 4 members (excludes halogenated alkanes) is 1. The molecule has 4 rings (SSSR count). The summed E-state index contributed by atoms with van der Waals surface area (Å²) in [5.74, 6) is 0. The highest BCUT2D eigenvalue weighted by atomic mass is 35.5. The Labute approximate surface area is 184 Å². The molecule has 0 N–H and O–H groups in total. The number of rotatable bonds is 7. The summed E-state index contributed by atoms with van der Waals surface area (Å²) in [6.07, 6.45) is 4.26. The Bertz CT molecular complexity index is 975. The second kappa shape index (κ2) is 9.63. The van der Waals surface area contributed by atoms with Crippen LogP contribution in [0.4, 0.5) is 5.69 Å². The molecule has 0 radical (unpaired) electrons. The SMILES string of the molecule is Cc1ccc(N2CCN(CCCCn3cc(-c4ccccc4Cl)nn3)CC2)cc1C. The van der Waals surface area contributed by atoms with Gasteiger partial charge in [-0.25, -0.2) is 0 Å². The third-order valence-corrected chi connectivity index (χ3v) is 6.36. The zero-order valence-corrected chi connectivity index (χ0v) is 18.6. The fraction of sp³-hybridized carbons (Fsp3) is 0.417. The molecule has 0 aliphatic carbocycles. The van der Waals surface area contributed by atoms with Gasteiger partial charge in [0.15, 0.2) is 0 Å². The number of hydrogen-bond donors (Lipinski definition) is 0. The van der Waals surface area contributed by atoms with Crippen LogP contribution in [0.15, 0.2) is 48.7 Å². The van der Waals surface area contributed by atoms with Crippen LogP contribution in [0.3, 0.4) is 0 Å². The van der Waals surface area contributed by atoms with Gasteiger partial charge in [-0.2, -0.15) is 0 Å². The average molecular weight is 424 g/mol. The Hall–Kier alpha value is -2.37. The number of halogens is 1. The molecule has 1 aliphatic heterocycles. The van der Waals surface area contributed by atoms with Gasteiger partial charge in [0, 0.05) is 44.0 Å². The number of aromatic nitrogens is 3. The van der Waals surface area contributed by atoms with Crippen LogP contribution in [0.5, 0.6) is 0 Å². The maximum absolute atomic E-state index is 6.26. The van der Waals surface area contributed by atoms with Gasteiger partial charge in [0.1, 0.15) is 5.69 Å². The van der Waals surface area contributed by atoms with E-state index in [-0.39, 0.29) is 0 Å². The van der Waals surface area contributed by atoms with Gasteiger partial charge < -0.3 is 4.90 Å². The van der Waals surface area contributed by atoms with Gasteiger partial charge in [0.25, 0.3) is 0 Å². The molecule has 6 heteroatoms. The predicted octanol–water partition coefficient (Wildman–Crippen LogP) is 4.82. The Morgan fingerprint density at radius 1 is 0.900 bits per heavy atom. The third kappa shape index (κ3) is 5.02. The summed E-state index contributed by atoms with van der Waals surface area (Å²) >= 11 is 6.26. The lowest BCUT2D eigenvalue weighted by Crippen LogP contribution is -2.46. The minimum Gasteiger partial charge on any atom is -0.369 e. The van der Waals surface area contributed by atoms with Crippen LogP contribution >= 0.6 is 11.6 Å². The van der Waals surface area contributed by atoms with Gasteiger partial charge in [-0.1, -0.05) is 41.1 Å². The molecular formula is C24H30ClN5. The highest BCUT2D eigenvalue weighted by Gasteiger charge is 2.17. The monoisotopic (exact) mass is 423 g/mol. The van der Waals surface area contributed by atoms with Crippen LogP contribution in [0, 0.1) is 13.8 Å². The number of benzene rings is 2. The highest BCUT2D eigenvalue weighted by molar-refractivity contribution is 6.33. The smallest absolute Gasteiger partial charge is 0.114 e. The van der Waals surface area contributed by atoms with Crippen molar-refractivity contribution in [2.24, 2.45) is 0 Å². The second-order valence-electron chi connectivity index (χ2n) is 8.15. The minimum atomic E-state index is 0.712. The first-order valence-electron chi connectivity index (χ1n) is 10.8. The molecule has 0 saturated carbocycles. The molecule has 0 spiro atoms. The van der Waals surface area contributed by atoms with Crippen molar-refractivity contribution in [3.63, 3.8) is 0 Å². The summed E-state index contributed by atoms with van der Waals surface area (Å²) in [6, 6.07) is 14.6. The van der Waals surface area contributed by atoms with Crippen molar-refractivity contribution < 1.29 is 0 Å². The van der Waals surface area contributed by atoms with E-state index in [2.05, 4.69) is 52.2 Å². The van der Waals surface area contributed by atoms with Gasteiger partial charge in [-0.15, -0.1) is 5.10 Å². The second-order valence-corrected chi connectivity index (χ2v) is 8.56. The zero-order valence-electron chi connectivity index (χ0n) is 17.9. The molecule has 5 nitrogen and oxygen atoms in total. The first-order chi connectivity index (χ1) is 14.6. The minimum absolute atomic E-state index is 0.712. The zero-order chi connectivity index (χ0) is 20.9. The van der Waals surface area contributed by atoms with E-state index in [0.29, 0.717) is 5.02 Å². The lowest BCUT2D eigenvalue weighted by molar-refractivity contribution is 0.250. The summed E-state index contributed by atoms with van der Waals surface area (Å²) in [7, 11) is 0. The first-order valence-corrected chi connectivity index (χ1v) is 11.2. The predicted molar refractivity (Wildman–Crippen MR) is 124 cm³/mol. The molecule has 1 saturated heterocycles. The van der Waals surface area contributed by atoms with Gasteiger partial charge in [0.2, 0.25) is 0 Å². The van der Waals surface area contributed by atoms with Crippen molar-refractivity contribution in [2.45, 2.75) is 33.2 Å². The van der Waals surface area contributed by atoms with Crippen LogP contribution < -0.4 is 4.90 Å². The van der Waals surface area contributed by atoms with Crippen LogP contribution in [-0.4, -0.2) is 52.6 Å². The molecule has 1 aliphatic rings. The van der Waals surface area contributed by atoms with Crippen molar-refractivity contribution in [2.75, 3.05) is 37.6 Å². The normalized spacial score (nSPS) is 15.0. The third-order valence-electron chi connectivity index (χ3n) is 6.03. The van der Waals surface area contributed by atoms with E-state index in [1.807, 2.05) is 35.1 Å². The van der Waals surface area contributed by atoms with E-state index >= 15 is 0 Å². The molecule has 1 fully saturated rings. The molecule has 0 amide bonds. The molecule has 2 heterocycles. The molecule has 1 aromatic heterocycles. The lowest BCUT2D eigenvalue weighted by atomic mass is 10.1. The average Bonchev–Trinajstić information content (AvgIpc) is 3.23. The summed E-state index contributed by atoms with van der Waals surface area (Å²) < 4.78 is 1.93. The van der Waals surface area contributed by atoms with Crippen LogP contribution in [-0.2, 0) is 6.54 Å². The Morgan fingerprint density at radius 2 is 1.67 bits per heavy atom. The Kier molecular flexibility index (Phi) is 6.70. The standard InChI is InChI=1S/C24H30ClN5/c1-19-9-10-21(17-20(19)2)29-15-13-28(14-16-29)11-5-6-12-30-18-24(26-27-30)22-7-3-4-8-23(22)25/h3-4,7-10,17-18H,5-6,11-16H2,1-2H3. The van der Waals surface area contributed by atoms with Crippen molar-refractivity contribution >= 4 is 17.3 Å². The van der Waals surface area contributed by atoms with Crippen molar-refractivity contribution in [1.29, 1.82) is 0 Å². The molecule has 3 aromatic rings. The number of nitrogens with zero attached hydrogens (tertiary/aromatic N) is 5. The van der Waals surface area contributed by atoms with Crippen molar-refractivity contribution in [3.05, 3.63) is 64.8 Å². The lowest BCUT2D eigenvalue weighted by Gasteiger charge is -2.36. The van der Waals surface area contributed by atoms with E-state index in [9.17, 15) is 0 Å². The van der Waals surface area contributed by atoms with Gasteiger partial charge in [-0.3, -0.25) is 9.58 Å². The number of piperazine rings is 1. The Morgan fingerprint density at radius 3 is 2.43 bits per heavy atom. The first kappa shape index (κ1) is 20.9. The van der Waals surface area contributed by atoms with Crippen LogP contribution in [0.2, 0.25) is 5.02 Å². The number of anilines is 1. The van der Waals surface area contributed by atoms with Gasteiger partial charge in [-0.05, 0) is 62.6 Å². The molecule has 2 aromatic carbocycles. The summed E-state index contributed by atoms with van der Waals surface area (Å²) in [5, 5.41) is 9.25. The number of aryl methyl sites for hydroxylation is 3. The summed E-state index contributed by atoms with van der Waals surface area (Å²) in [6.45, 7) is 10.9. The summed E-state index contributed by atoms with van der Waals surface area (Å²) in [5.41, 5.74) is 5.87. The van der Waals surface area contributed by atoms with Gasteiger partial charge >= 0.3 is 0 Å². The number of hydrogen-bond acceptors (Lipinski definition) is 4. The fourth-order valence-corrected chi connectivity index (χ4v) is 4.19. The largest absolute Gasteiger partial charge is 0.369 e. The van der Waals surface area contributed by atoms with Crippen LogP contribution in [0.25, 0.3) is 11.3 Å². The summed E-state index contributed by atoms with van der Waals surface area (Å²) in [4.78, 5) is 5.09. The maximum Gasteiger partial charge on any atom is 0.114 e. The van der Waals surface area contributed by atoms with Crippen molar-refractivity contribution in [1.82, 2.24) is 19.9 Å². The highest BCUT2D eigenvalue weighted by Crippen LogP contribution is 2.25. The van der Waals surface area contributed by atoms with E-state index in [1.54, 1.807) is 0 Å². The molecular weight excluding hydrogens is 394 g/mol. The topological polar surface area (TPSA) is 37.2 Å². The Balaban J connectivity index is 1.19. The molecule has 0 unspecified atom stereocenters. The molecule has 158 valence electrons. The van der Waals surface area contributed by atoms with E-state index < -0.39 is 0 Å². The van der Waals surface area contributed by atoms with Crippen molar-refractivity contribution in [3.8, 4) is 11.3 Å². The molecule has 0 bridgehead atoms. The van der Waals surface area contributed by atoms with Gasteiger partial charge in [0.05, 0.1) is 11.2 Å². The maximum atomic E-state index is 6.26. The van der Waals surface area contributed by atoms with Crippen LogP contribution in [0.1, 0.15) is 24.0 Å². The molecule has 30 heavy (non-hydrogen) atoms. The fourth-order valence-electron chi connectivity index (χ4n) is 3.96. The van der Waals surface area contributed by atoms with E-state index in [4.69, 9.17) is 11.6 Å². The van der Waals surface area contributed by atoms with E-state index in [1.165, 1.54) is 23.2 Å².